The molecule has 6 aromatic carbocycles. The molecule has 0 N–H and O–H groups in total. The fourth-order valence-corrected chi connectivity index (χ4v) is 7.25. The molecule has 48 heavy (non-hydrogen) atoms. The van der Waals surface area contributed by atoms with Gasteiger partial charge < -0.3 is 9.13 Å². The van der Waals surface area contributed by atoms with Crippen LogP contribution < -0.4 is 0 Å². The van der Waals surface area contributed by atoms with Gasteiger partial charge in [-0.05, 0) is 106 Å². The molecule has 8 rings (SSSR count). The number of aryl methyl sites for hydroxylation is 4. The number of halogens is 3. The van der Waals surface area contributed by atoms with Gasteiger partial charge in [-0.1, -0.05) is 64.7 Å². The van der Waals surface area contributed by atoms with Gasteiger partial charge in [0.05, 0.1) is 44.6 Å². The SMILES string of the molecule is Cc1ccc2c(c1)c1cc(C)ccc1n2-c1cc(-c2ccccc2C(F)(F)F)cc(C#N)c1-n1c2ccc(C)cc2c2cc(C)ccc21. The molecule has 0 fully saturated rings. The standard InChI is InChI=1S/C42H30F3N3/c1-24-9-13-36-31(17-24)32-18-25(2)10-14-37(32)47(36)40-22-28(30-7-5-6-8-35(30)42(43,44)45)21-29(23-46)41(40)48-38-15-11-26(3)19-33(38)34-20-27(4)12-16-39(34)48/h5-22H,1-4H3. The lowest BCUT2D eigenvalue weighted by atomic mass is 9.95. The molecule has 0 bridgehead atoms. The number of hydrogen-bond donors (Lipinski definition) is 0. The molecule has 2 heterocycles. The van der Waals surface area contributed by atoms with Crippen LogP contribution in [-0.2, 0) is 6.18 Å². The zero-order chi connectivity index (χ0) is 33.5. The average Bonchev–Trinajstić information content (AvgIpc) is 3.54. The van der Waals surface area contributed by atoms with Gasteiger partial charge >= 0.3 is 6.18 Å². The minimum absolute atomic E-state index is 0.0234. The summed E-state index contributed by atoms with van der Waals surface area (Å²) in [5, 5.41) is 15.0. The van der Waals surface area contributed by atoms with Crippen molar-refractivity contribution in [3.63, 3.8) is 0 Å². The van der Waals surface area contributed by atoms with Crippen molar-refractivity contribution in [3.05, 3.63) is 143 Å². The van der Waals surface area contributed by atoms with Gasteiger partial charge in [-0.2, -0.15) is 18.4 Å². The van der Waals surface area contributed by atoms with Crippen molar-refractivity contribution in [3.8, 4) is 28.6 Å². The summed E-state index contributed by atoms with van der Waals surface area (Å²) in [6.07, 6.45) is -4.58. The first-order valence-electron chi connectivity index (χ1n) is 15.8. The van der Waals surface area contributed by atoms with Crippen LogP contribution in [0.4, 0.5) is 13.2 Å². The normalized spacial score (nSPS) is 12.0. The molecule has 0 atom stereocenters. The second-order valence-electron chi connectivity index (χ2n) is 12.8. The number of rotatable bonds is 3. The Bertz CT molecular complexity index is 2540. The highest BCUT2D eigenvalue weighted by Gasteiger charge is 2.34. The number of alkyl halides is 3. The first kappa shape index (κ1) is 29.6. The van der Waals surface area contributed by atoms with E-state index in [9.17, 15) is 18.4 Å². The van der Waals surface area contributed by atoms with Gasteiger partial charge in [0.1, 0.15) is 6.07 Å². The maximum Gasteiger partial charge on any atom is 0.417 e. The average molecular weight is 634 g/mol. The van der Waals surface area contributed by atoms with Crippen molar-refractivity contribution in [2.24, 2.45) is 0 Å². The maximum absolute atomic E-state index is 14.4. The topological polar surface area (TPSA) is 33.6 Å². The van der Waals surface area contributed by atoms with Crippen molar-refractivity contribution in [2.45, 2.75) is 33.9 Å². The van der Waals surface area contributed by atoms with Crippen LogP contribution >= 0.6 is 0 Å². The highest BCUT2D eigenvalue weighted by molar-refractivity contribution is 6.12. The van der Waals surface area contributed by atoms with Crippen LogP contribution in [-0.4, -0.2) is 9.13 Å². The molecule has 0 aliphatic heterocycles. The smallest absolute Gasteiger partial charge is 0.307 e. The monoisotopic (exact) mass is 633 g/mol. The molecule has 0 saturated carbocycles. The van der Waals surface area contributed by atoms with Crippen LogP contribution in [0.25, 0.3) is 66.1 Å². The van der Waals surface area contributed by atoms with Crippen molar-refractivity contribution in [1.82, 2.24) is 9.13 Å². The summed E-state index contributed by atoms with van der Waals surface area (Å²) in [4.78, 5) is 0. The Morgan fingerprint density at radius 1 is 0.542 bits per heavy atom. The van der Waals surface area contributed by atoms with E-state index >= 15 is 0 Å². The maximum atomic E-state index is 14.4. The lowest BCUT2D eigenvalue weighted by Gasteiger charge is -2.21. The van der Waals surface area contributed by atoms with Gasteiger partial charge in [0, 0.05) is 21.5 Å². The van der Waals surface area contributed by atoms with E-state index in [0.717, 1.165) is 71.9 Å². The van der Waals surface area contributed by atoms with E-state index in [-0.39, 0.29) is 11.1 Å². The van der Waals surface area contributed by atoms with Gasteiger partial charge in [0.15, 0.2) is 0 Å². The van der Waals surface area contributed by atoms with E-state index in [2.05, 4.69) is 89.7 Å². The number of benzene rings is 6. The van der Waals surface area contributed by atoms with Gasteiger partial charge in [-0.15, -0.1) is 0 Å². The molecular weight excluding hydrogens is 603 g/mol. The van der Waals surface area contributed by atoms with E-state index in [0.29, 0.717) is 16.9 Å². The minimum atomic E-state index is -4.58. The Kier molecular flexibility index (Phi) is 6.54. The molecule has 0 saturated heterocycles. The molecular formula is C42H30F3N3. The van der Waals surface area contributed by atoms with E-state index in [1.165, 1.54) is 12.1 Å². The number of nitriles is 1. The highest BCUT2D eigenvalue weighted by Crippen LogP contribution is 2.44. The number of fused-ring (bicyclic) bond motifs is 6. The summed E-state index contributed by atoms with van der Waals surface area (Å²) >= 11 is 0. The van der Waals surface area contributed by atoms with E-state index < -0.39 is 11.7 Å². The third kappa shape index (κ3) is 4.50. The van der Waals surface area contributed by atoms with Crippen LogP contribution in [0.1, 0.15) is 33.4 Å². The van der Waals surface area contributed by atoms with Crippen LogP contribution in [0.15, 0.2) is 109 Å². The zero-order valence-corrected chi connectivity index (χ0v) is 26.9. The molecule has 0 unspecified atom stereocenters. The fraction of sp³-hybridized carbons (Fsp3) is 0.119. The Balaban J connectivity index is 1.60. The second-order valence-corrected chi connectivity index (χ2v) is 12.8. The third-order valence-corrected chi connectivity index (χ3v) is 9.37. The van der Waals surface area contributed by atoms with Crippen LogP contribution in [0.3, 0.4) is 0 Å². The van der Waals surface area contributed by atoms with Gasteiger partial charge in [-0.3, -0.25) is 0 Å². The number of aromatic nitrogens is 2. The quantitative estimate of drug-likeness (QED) is 0.191. The summed E-state index contributed by atoms with van der Waals surface area (Å²) in [5.74, 6) is 0. The molecule has 6 heteroatoms. The predicted octanol–water partition coefficient (Wildman–Crippen LogP) is 11.7. The molecule has 2 aromatic heterocycles. The molecule has 8 aromatic rings. The Morgan fingerprint density at radius 2 is 0.979 bits per heavy atom. The molecule has 0 radical (unpaired) electrons. The van der Waals surface area contributed by atoms with Crippen molar-refractivity contribution >= 4 is 43.6 Å². The summed E-state index contributed by atoms with van der Waals surface area (Å²) in [7, 11) is 0. The zero-order valence-electron chi connectivity index (χ0n) is 26.9. The van der Waals surface area contributed by atoms with Gasteiger partial charge in [0.2, 0.25) is 0 Å². The van der Waals surface area contributed by atoms with Crippen LogP contribution in [0.5, 0.6) is 0 Å². The van der Waals surface area contributed by atoms with Crippen molar-refractivity contribution in [2.75, 3.05) is 0 Å². The van der Waals surface area contributed by atoms with E-state index in [4.69, 9.17) is 0 Å². The minimum Gasteiger partial charge on any atom is -0.307 e. The lowest BCUT2D eigenvalue weighted by molar-refractivity contribution is -0.137. The first-order valence-corrected chi connectivity index (χ1v) is 15.8. The van der Waals surface area contributed by atoms with Crippen molar-refractivity contribution < 1.29 is 13.2 Å². The Morgan fingerprint density at radius 3 is 1.42 bits per heavy atom. The molecule has 3 nitrogen and oxygen atoms in total. The summed E-state index contributed by atoms with van der Waals surface area (Å²) in [6, 6.07) is 36.4. The predicted molar refractivity (Wildman–Crippen MR) is 189 cm³/mol. The molecule has 0 aliphatic rings. The van der Waals surface area contributed by atoms with E-state index in [1.54, 1.807) is 12.1 Å². The Labute approximate surface area is 275 Å². The largest absolute Gasteiger partial charge is 0.417 e. The van der Waals surface area contributed by atoms with Crippen molar-refractivity contribution in [1.29, 1.82) is 5.26 Å². The molecule has 0 aliphatic carbocycles. The number of nitrogens with zero attached hydrogens (tertiary/aromatic N) is 3. The summed E-state index contributed by atoms with van der Waals surface area (Å²) in [6.45, 7) is 8.21. The molecule has 0 amide bonds. The molecule has 234 valence electrons. The van der Waals surface area contributed by atoms with Crippen LogP contribution in [0, 0.1) is 39.0 Å². The lowest BCUT2D eigenvalue weighted by Crippen LogP contribution is -2.09. The van der Waals surface area contributed by atoms with E-state index in [1.807, 2.05) is 32.0 Å². The fourth-order valence-electron chi connectivity index (χ4n) is 7.25. The number of hydrogen-bond acceptors (Lipinski definition) is 1. The highest BCUT2D eigenvalue weighted by atomic mass is 19.4. The summed E-state index contributed by atoms with van der Waals surface area (Å²) < 4.78 is 47.5. The van der Waals surface area contributed by atoms with Gasteiger partial charge in [0.25, 0.3) is 0 Å². The van der Waals surface area contributed by atoms with Gasteiger partial charge in [-0.25, -0.2) is 0 Å². The third-order valence-electron chi connectivity index (χ3n) is 9.37. The second kappa shape index (κ2) is 10.6. The first-order chi connectivity index (χ1) is 23.0. The Hall–Kier alpha value is -5.80. The molecule has 0 spiro atoms. The van der Waals surface area contributed by atoms with Crippen LogP contribution in [0.2, 0.25) is 0 Å². The summed E-state index contributed by atoms with van der Waals surface area (Å²) in [5.41, 5.74) is 9.14.